The van der Waals surface area contributed by atoms with Gasteiger partial charge in [0.05, 0.1) is 34.0 Å². The molecule has 0 radical (unpaired) electrons. The number of sulfone groups is 1. The fraction of sp³-hybridized carbons (Fsp3) is 0.375. The zero-order valence-electron chi connectivity index (χ0n) is 42.8. The number of aliphatic hydroxyl groups excluding tert-OH is 2. The van der Waals surface area contributed by atoms with E-state index in [2.05, 4.69) is 35.4 Å². The molecule has 3 aliphatic rings. The van der Waals surface area contributed by atoms with Crippen LogP contribution in [0, 0.1) is 6.92 Å². The number of aliphatic hydroxyl groups is 2. The number of rotatable bonds is 17. The van der Waals surface area contributed by atoms with Gasteiger partial charge in [-0.05, 0) is 129 Å². The second kappa shape index (κ2) is 23.7. The number of aromatic nitrogens is 1. The van der Waals surface area contributed by atoms with E-state index < -0.39 is 47.3 Å². The number of hydrogen-bond donors (Lipinski definition) is 4. The number of piperidine rings is 2. The number of benzene rings is 5. The number of carbonyl (C=O) groups is 1. The highest BCUT2D eigenvalue weighted by atomic mass is 35.5. The van der Waals surface area contributed by atoms with Crippen molar-refractivity contribution >= 4 is 71.9 Å². The zero-order valence-corrected chi connectivity index (χ0v) is 46.0. The fourth-order valence-corrected chi connectivity index (χ4v) is 13.5. The first-order chi connectivity index (χ1) is 36.8. The van der Waals surface area contributed by atoms with Crippen LogP contribution in [0.3, 0.4) is 0 Å². The normalized spacial score (nSPS) is 16.9. The Morgan fingerprint density at radius 1 is 0.740 bits per heavy atom. The van der Waals surface area contributed by atoms with Crippen LogP contribution in [0.15, 0.2) is 136 Å². The van der Waals surface area contributed by atoms with Crippen molar-refractivity contribution in [2.24, 2.45) is 7.05 Å². The third-order valence-corrected chi connectivity index (χ3v) is 19.1. The molecule has 0 aliphatic carbocycles. The van der Waals surface area contributed by atoms with Crippen LogP contribution in [0.5, 0.6) is 0 Å². The lowest BCUT2D eigenvalue weighted by Crippen LogP contribution is -2.46. The van der Waals surface area contributed by atoms with E-state index in [1.807, 2.05) is 91.7 Å². The molecule has 1 aromatic heterocycles. The summed E-state index contributed by atoms with van der Waals surface area (Å²) in [6, 6.07) is 33.9. The molecule has 14 nitrogen and oxygen atoms in total. The molecule has 0 bridgehead atoms. The highest BCUT2D eigenvalue weighted by Crippen LogP contribution is 2.42. The molecule has 1 amide bonds. The van der Waals surface area contributed by atoms with E-state index in [4.69, 9.17) is 11.6 Å². The maximum Gasteiger partial charge on any atom is 0.501 e. The Morgan fingerprint density at radius 2 is 1.36 bits per heavy atom. The Kier molecular flexibility index (Phi) is 17.2. The predicted molar refractivity (Wildman–Crippen MR) is 299 cm³/mol. The van der Waals surface area contributed by atoms with Crippen molar-refractivity contribution < 1.29 is 45.0 Å². The second-order valence-electron chi connectivity index (χ2n) is 19.9. The van der Waals surface area contributed by atoms with Gasteiger partial charge in [-0.3, -0.25) is 9.52 Å². The first kappa shape index (κ1) is 56.0. The van der Waals surface area contributed by atoms with Crippen LogP contribution in [0.25, 0.3) is 22.4 Å². The first-order valence-corrected chi connectivity index (χ1v) is 30.0. The Bertz CT molecular complexity index is 3260. The van der Waals surface area contributed by atoms with Crippen LogP contribution >= 0.6 is 23.4 Å². The van der Waals surface area contributed by atoms with E-state index in [-0.39, 0.29) is 23.4 Å². The maximum atomic E-state index is 14.4. The summed E-state index contributed by atoms with van der Waals surface area (Å²) in [4.78, 5) is 21.9. The minimum atomic E-state index is -6.03. The van der Waals surface area contributed by atoms with E-state index >= 15 is 0 Å². The molecule has 4 heterocycles. The number of nitrogens with one attached hydrogen (secondary N) is 2. The lowest BCUT2D eigenvalue weighted by Gasteiger charge is -2.37. The molecular formula is C56H63ClF3N7O7S3. The molecule has 5 aromatic carbocycles. The molecule has 0 saturated carbocycles. The van der Waals surface area contributed by atoms with Crippen molar-refractivity contribution in [1.82, 2.24) is 14.4 Å². The number of anilines is 4. The van der Waals surface area contributed by atoms with Gasteiger partial charge in [0.15, 0.2) is 0 Å². The summed E-state index contributed by atoms with van der Waals surface area (Å²) in [6.45, 7) is 7.24. The van der Waals surface area contributed by atoms with Crippen molar-refractivity contribution in [1.29, 1.82) is 0 Å². The van der Waals surface area contributed by atoms with Crippen molar-refractivity contribution in [2.75, 3.05) is 84.5 Å². The Hall–Kier alpha value is -5.74. The Balaban J connectivity index is 0.895. The summed E-state index contributed by atoms with van der Waals surface area (Å²) in [7, 11) is -8.67. The number of alkyl halides is 3. The van der Waals surface area contributed by atoms with Crippen LogP contribution in [0.2, 0.25) is 5.02 Å². The highest BCUT2D eigenvalue weighted by molar-refractivity contribution is 7.99. The van der Waals surface area contributed by atoms with Crippen LogP contribution < -0.4 is 19.8 Å². The third-order valence-electron chi connectivity index (χ3n) is 14.8. The maximum absolute atomic E-state index is 14.4. The molecule has 3 aliphatic heterocycles. The van der Waals surface area contributed by atoms with Crippen LogP contribution in [0.4, 0.5) is 35.9 Å². The number of piperazine rings is 1. The van der Waals surface area contributed by atoms with E-state index in [0.717, 1.165) is 56.5 Å². The van der Waals surface area contributed by atoms with Gasteiger partial charge >= 0.3 is 5.51 Å². The largest absolute Gasteiger partial charge is 0.501 e. The quantitative estimate of drug-likeness (QED) is 0.0640. The summed E-state index contributed by atoms with van der Waals surface area (Å²) in [5.74, 6) is 0.291. The summed E-state index contributed by atoms with van der Waals surface area (Å²) in [6.07, 6.45) is 1.85. The Morgan fingerprint density at radius 3 is 2.00 bits per heavy atom. The highest BCUT2D eigenvalue weighted by Gasteiger charge is 2.48. The molecule has 0 spiro atoms. The van der Waals surface area contributed by atoms with E-state index in [9.17, 15) is 45.0 Å². The van der Waals surface area contributed by atoms with E-state index in [0.29, 0.717) is 113 Å². The molecule has 0 unspecified atom stereocenters. The molecular weight excluding hydrogens is 1070 g/mol. The topological polar surface area (TPSA) is 168 Å². The van der Waals surface area contributed by atoms with Gasteiger partial charge in [0.2, 0.25) is 0 Å². The summed E-state index contributed by atoms with van der Waals surface area (Å²) in [5.41, 5.74) is 0.774. The molecule has 3 fully saturated rings. The minimum absolute atomic E-state index is 0.0771. The van der Waals surface area contributed by atoms with E-state index in [1.165, 1.54) is 11.8 Å². The number of carbonyl (C=O) groups excluding carboxylic acids is 1. The van der Waals surface area contributed by atoms with Crippen molar-refractivity contribution in [2.45, 2.75) is 77.5 Å². The molecule has 410 valence electrons. The smallest absolute Gasteiger partial charge is 0.393 e. The molecule has 9 rings (SSSR count). The van der Waals surface area contributed by atoms with Gasteiger partial charge in [-0.25, -0.2) is 16.8 Å². The fourth-order valence-electron chi connectivity index (χ4n) is 10.3. The van der Waals surface area contributed by atoms with Crippen LogP contribution in [-0.4, -0.2) is 136 Å². The standard InChI is InChI=1S/C56H63ClF3N7O7S3/c1-38-52(55(70)67-29-24-47(69)25-30-67)53(54(63(38)2)39-11-13-41(57)14-12-39)40-7-6-8-45(35-40)66-33-31-65(32-34-66)44-17-15-42(16-18-44)62-77(73,74)49-19-20-50(51(36-49)76(71,72)56(58,59)60)61-43(37-75-48-9-4-3-5-10-48)21-26-64-27-22-46(68)23-28-64/h3-20,35-36,43,46-47,61-62,68-69H,21-34,37H2,1-2H3/t43-/m1/s1. The summed E-state index contributed by atoms with van der Waals surface area (Å²) < 4.78 is 102. The van der Waals surface area contributed by atoms with E-state index in [1.54, 1.807) is 24.3 Å². The van der Waals surface area contributed by atoms with Gasteiger partial charge in [0.1, 0.15) is 4.90 Å². The van der Waals surface area contributed by atoms with Crippen molar-refractivity contribution in [3.63, 3.8) is 0 Å². The first-order valence-electron chi connectivity index (χ1n) is 25.7. The zero-order chi connectivity index (χ0) is 54.6. The van der Waals surface area contributed by atoms with Gasteiger partial charge < -0.3 is 39.7 Å². The predicted octanol–water partition coefficient (Wildman–Crippen LogP) is 9.76. The molecule has 6 aromatic rings. The number of amides is 1. The second-order valence-corrected chi connectivity index (χ2v) is 25.0. The number of nitrogens with zero attached hydrogens (tertiary/aromatic N) is 5. The van der Waals surface area contributed by atoms with Crippen molar-refractivity contribution in [3.8, 4) is 22.4 Å². The molecule has 3 saturated heterocycles. The monoisotopic (exact) mass is 1130 g/mol. The number of halogens is 4. The SMILES string of the molecule is Cc1c(C(=O)N2CCC(O)CC2)c(-c2cccc(N3CCN(c4ccc(NS(=O)(=O)c5ccc(N[C@H](CCN6CCC(O)CC6)CSc6ccccc6)c(S(=O)(=O)C(F)(F)F)c5)cc4)CC3)c2)c(-c2ccc(Cl)cc2)n1C. The molecule has 77 heavy (non-hydrogen) atoms. The molecule has 21 heteroatoms. The Labute approximate surface area is 457 Å². The van der Waals surface area contributed by atoms with Gasteiger partial charge in [-0.2, -0.15) is 13.2 Å². The minimum Gasteiger partial charge on any atom is -0.393 e. The number of thioether (sulfide) groups is 1. The van der Waals surface area contributed by atoms with Gasteiger partial charge in [-0.15, -0.1) is 11.8 Å². The number of likely N-dealkylation sites (tertiary alicyclic amines) is 2. The average Bonchev–Trinajstić information content (AvgIpc) is 3.79. The van der Waals surface area contributed by atoms with Crippen molar-refractivity contribution in [3.05, 3.63) is 138 Å². The summed E-state index contributed by atoms with van der Waals surface area (Å²) in [5, 5.41) is 23.8. The molecule has 1 atom stereocenters. The number of hydrogen-bond acceptors (Lipinski definition) is 12. The molecule has 4 N–H and O–H groups in total. The third kappa shape index (κ3) is 12.9. The van der Waals surface area contributed by atoms with Crippen LogP contribution in [-0.2, 0) is 26.9 Å². The van der Waals surface area contributed by atoms with Gasteiger partial charge in [0, 0.05) is 116 Å². The van der Waals surface area contributed by atoms with Gasteiger partial charge in [0.25, 0.3) is 25.8 Å². The number of sulfonamides is 1. The summed E-state index contributed by atoms with van der Waals surface area (Å²) >= 11 is 7.77. The lowest BCUT2D eigenvalue weighted by atomic mass is 9.95. The van der Waals surface area contributed by atoms with Crippen LogP contribution in [0.1, 0.15) is 48.2 Å². The van der Waals surface area contributed by atoms with Gasteiger partial charge in [-0.1, -0.05) is 54.1 Å². The lowest BCUT2D eigenvalue weighted by molar-refractivity contribution is -0.0436. The average molecular weight is 1130 g/mol.